The standard InChI is InChI=1S/C13H17NO4S/c1-19-8-7-11(13(16)17)14-12(15)9-18-10-5-3-2-4-6-10/h2-6,11H,7-9H2,1H3,(H,14,15)(H,16,17)/t11-/m0/s1. The number of hydrogen-bond acceptors (Lipinski definition) is 4. The van der Waals surface area contributed by atoms with E-state index in [4.69, 9.17) is 9.84 Å². The van der Waals surface area contributed by atoms with E-state index in [2.05, 4.69) is 5.32 Å². The van der Waals surface area contributed by atoms with E-state index in [0.29, 0.717) is 17.9 Å². The summed E-state index contributed by atoms with van der Waals surface area (Å²) in [5.41, 5.74) is 0. The molecule has 5 nitrogen and oxygen atoms in total. The van der Waals surface area contributed by atoms with Crippen LogP contribution >= 0.6 is 11.8 Å². The quantitative estimate of drug-likeness (QED) is 0.754. The Kier molecular flexibility index (Phi) is 6.81. The summed E-state index contributed by atoms with van der Waals surface area (Å²) < 4.78 is 5.24. The van der Waals surface area contributed by atoms with Crippen LogP contribution in [-0.2, 0) is 9.59 Å². The maximum Gasteiger partial charge on any atom is 0.326 e. The summed E-state index contributed by atoms with van der Waals surface area (Å²) in [6.07, 6.45) is 2.28. The third kappa shape index (κ3) is 6.15. The molecule has 0 saturated heterocycles. The van der Waals surface area contributed by atoms with Crippen LogP contribution in [-0.4, -0.2) is 41.6 Å². The van der Waals surface area contributed by atoms with Gasteiger partial charge in [-0.25, -0.2) is 4.79 Å². The summed E-state index contributed by atoms with van der Waals surface area (Å²) in [5, 5.41) is 11.4. The van der Waals surface area contributed by atoms with E-state index in [-0.39, 0.29) is 6.61 Å². The minimum atomic E-state index is -1.03. The molecule has 0 fully saturated rings. The molecule has 0 unspecified atom stereocenters. The summed E-state index contributed by atoms with van der Waals surface area (Å²) in [7, 11) is 0. The van der Waals surface area contributed by atoms with Crippen LogP contribution in [0.25, 0.3) is 0 Å². The summed E-state index contributed by atoms with van der Waals surface area (Å²) >= 11 is 1.54. The fourth-order valence-corrected chi connectivity index (χ4v) is 1.87. The Balaban J connectivity index is 2.38. The Morgan fingerprint density at radius 1 is 1.37 bits per heavy atom. The Bertz CT molecular complexity index is 410. The van der Waals surface area contributed by atoms with Crippen LogP contribution in [0.2, 0.25) is 0 Å². The van der Waals surface area contributed by atoms with Gasteiger partial charge in [-0.2, -0.15) is 11.8 Å². The van der Waals surface area contributed by atoms with Gasteiger partial charge in [0.15, 0.2) is 6.61 Å². The molecule has 104 valence electrons. The normalized spacial score (nSPS) is 11.6. The zero-order chi connectivity index (χ0) is 14.1. The Morgan fingerprint density at radius 2 is 2.05 bits per heavy atom. The molecule has 19 heavy (non-hydrogen) atoms. The predicted molar refractivity (Wildman–Crippen MR) is 74.5 cm³/mol. The predicted octanol–water partition coefficient (Wildman–Crippen LogP) is 1.39. The molecule has 1 aromatic carbocycles. The lowest BCUT2D eigenvalue weighted by atomic mass is 10.2. The maximum absolute atomic E-state index is 11.6. The number of carbonyl (C=O) groups is 2. The van der Waals surface area contributed by atoms with E-state index >= 15 is 0 Å². The molecule has 0 spiro atoms. The lowest BCUT2D eigenvalue weighted by Crippen LogP contribution is -2.43. The van der Waals surface area contributed by atoms with Crippen LogP contribution in [0.1, 0.15) is 6.42 Å². The number of para-hydroxylation sites is 1. The highest BCUT2D eigenvalue weighted by Crippen LogP contribution is 2.07. The molecule has 0 radical (unpaired) electrons. The van der Waals surface area contributed by atoms with Crippen molar-refractivity contribution in [3.63, 3.8) is 0 Å². The number of carbonyl (C=O) groups excluding carboxylic acids is 1. The van der Waals surface area contributed by atoms with Crippen molar-refractivity contribution in [3.05, 3.63) is 30.3 Å². The third-order valence-electron chi connectivity index (χ3n) is 2.36. The number of rotatable bonds is 8. The van der Waals surface area contributed by atoms with Gasteiger partial charge in [-0.1, -0.05) is 18.2 Å². The number of benzene rings is 1. The van der Waals surface area contributed by atoms with Crippen LogP contribution in [0, 0.1) is 0 Å². The average Bonchev–Trinajstić information content (AvgIpc) is 2.42. The lowest BCUT2D eigenvalue weighted by molar-refractivity contribution is -0.142. The van der Waals surface area contributed by atoms with E-state index in [1.807, 2.05) is 12.3 Å². The first kappa shape index (κ1) is 15.4. The average molecular weight is 283 g/mol. The van der Waals surface area contributed by atoms with E-state index in [1.54, 1.807) is 24.3 Å². The monoisotopic (exact) mass is 283 g/mol. The second-order valence-corrected chi connectivity index (χ2v) is 4.83. The summed E-state index contributed by atoms with van der Waals surface area (Å²) in [6, 6.07) is 8.04. The van der Waals surface area contributed by atoms with Gasteiger partial charge in [-0.15, -0.1) is 0 Å². The molecule has 2 N–H and O–H groups in total. The molecular formula is C13H17NO4S. The summed E-state index contributed by atoms with van der Waals surface area (Å²) in [4.78, 5) is 22.5. The Labute approximate surface area is 116 Å². The highest BCUT2D eigenvalue weighted by atomic mass is 32.2. The molecule has 1 rings (SSSR count). The second-order valence-electron chi connectivity index (χ2n) is 3.84. The smallest absolute Gasteiger partial charge is 0.326 e. The zero-order valence-corrected chi connectivity index (χ0v) is 11.5. The molecule has 0 bridgehead atoms. The van der Waals surface area contributed by atoms with E-state index < -0.39 is 17.9 Å². The number of thioether (sulfide) groups is 1. The molecule has 0 aliphatic carbocycles. The van der Waals surface area contributed by atoms with Crippen LogP contribution in [0.5, 0.6) is 5.75 Å². The Hall–Kier alpha value is -1.69. The van der Waals surface area contributed by atoms with Crippen molar-refractivity contribution in [3.8, 4) is 5.75 Å². The van der Waals surface area contributed by atoms with Crippen LogP contribution in [0.3, 0.4) is 0 Å². The van der Waals surface area contributed by atoms with Gasteiger partial charge in [0, 0.05) is 0 Å². The van der Waals surface area contributed by atoms with E-state index in [0.717, 1.165) is 0 Å². The molecule has 0 aliphatic heterocycles. The fourth-order valence-electron chi connectivity index (χ4n) is 1.39. The number of aliphatic carboxylic acids is 1. The fraction of sp³-hybridized carbons (Fsp3) is 0.385. The Morgan fingerprint density at radius 3 is 2.63 bits per heavy atom. The zero-order valence-electron chi connectivity index (χ0n) is 10.7. The third-order valence-corrected chi connectivity index (χ3v) is 3.00. The molecule has 0 heterocycles. The number of carboxylic acid groups (broad SMARTS) is 1. The van der Waals surface area contributed by atoms with Crippen molar-refractivity contribution >= 4 is 23.6 Å². The largest absolute Gasteiger partial charge is 0.484 e. The highest BCUT2D eigenvalue weighted by molar-refractivity contribution is 7.98. The number of ether oxygens (including phenoxy) is 1. The van der Waals surface area contributed by atoms with E-state index in [9.17, 15) is 9.59 Å². The van der Waals surface area contributed by atoms with Gasteiger partial charge in [0.2, 0.25) is 0 Å². The first-order valence-corrected chi connectivity index (χ1v) is 7.22. The first-order valence-electron chi connectivity index (χ1n) is 5.82. The van der Waals surface area contributed by atoms with E-state index in [1.165, 1.54) is 11.8 Å². The number of hydrogen-bond donors (Lipinski definition) is 2. The molecule has 6 heteroatoms. The highest BCUT2D eigenvalue weighted by Gasteiger charge is 2.19. The first-order chi connectivity index (χ1) is 9.13. The molecule has 1 aromatic rings. The van der Waals surface area contributed by atoms with Crippen molar-refractivity contribution in [2.45, 2.75) is 12.5 Å². The van der Waals surface area contributed by atoms with Crippen LogP contribution in [0.15, 0.2) is 30.3 Å². The van der Waals surface area contributed by atoms with Crippen LogP contribution < -0.4 is 10.1 Å². The number of carboxylic acids is 1. The maximum atomic E-state index is 11.6. The van der Waals surface area contributed by atoms with Gasteiger partial charge in [0.25, 0.3) is 5.91 Å². The van der Waals surface area contributed by atoms with Crippen molar-refractivity contribution in [2.24, 2.45) is 0 Å². The molecule has 0 aliphatic rings. The van der Waals surface area contributed by atoms with Crippen LogP contribution in [0.4, 0.5) is 0 Å². The topological polar surface area (TPSA) is 75.6 Å². The number of amides is 1. The van der Waals surface area contributed by atoms with Gasteiger partial charge in [-0.05, 0) is 30.6 Å². The van der Waals surface area contributed by atoms with Gasteiger partial charge < -0.3 is 15.2 Å². The molecule has 0 aromatic heterocycles. The molecule has 1 atom stereocenters. The minimum Gasteiger partial charge on any atom is -0.484 e. The van der Waals surface area contributed by atoms with Gasteiger partial charge >= 0.3 is 5.97 Å². The SMILES string of the molecule is CSCC[C@H](NC(=O)COc1ccccc1)C(=O)O. The number of nitrogens with one attached hydrogen (secondary N) is 1. The summed E-state index contributed by atoms with van der Waals surface area (Å²) in [6.45, 7) is -0.187. The molecule has 0 saturated carbocycles. The van der Waals surface area contributed by atoms with Crippen molar-refractivity contribution in [1.29, 1.82) is 0 Å². The summed E-state index contributed by atoms with van der Waals surface area (Å²) in [5.74, 6) is -0.204. The molecule has 1 amide bonds. The van der Waals surface area contributed by atoms with Gasteiger partial charge in [0.05, 0.1) is 0 Å². The van der Waals surface area contributed by atoms with Crippen molar-refractivity contribution < 1.29 is 19.4 Å². The van der Waals surface area contributed by atoms with Gasteiger partial charge in [0.1, 0.15) is 11.8 Å². The second kappa shape index (κ2) is 8.42. The van der Waals surface area contributed by atoms with Gasteiger partial charge in [-0.3, -0.25) is 4.79 Å². The van der Waals surface area contributed by atoms with Crippen molar-refractivity contribution in [2.75, 3.05) is 18.6 Å². The lowest BCUT2D eigenvalue weighted by Gasteiger charge is -2.14. The van der Waals surface area contributed by atoms with Crippen molar-refractivity contribution in [1.82, 2.24) is 5.32 Å². The minimum absolute atomic E-state index is 0.187. The molecular weight excluding hydrogens is 266 g/mol.